The van der Waals surface area contributed by atoms with Crippen LogP contribution in [0.5, 0.6) is 0 Å². The van der Waals surface area contributed by atoms with Crippen LogP contribution < -0.4 is 10.0 Å². The van der Waals surface area contributed by atoms with E-state index in [0.717, 1.165) is 49.2 Å². The number of sulfonamides is 1. The summed E-state index contributed by atoms with van der Waals surface area (Å²) in [6.07, 6.45) is 3.81. The molecule has 0 saturated heterocycles. The molecule has 0 spiro atoms. The van der Waals surface area contributed by atoms with E-state index in [4.69, 9.17) is 0 Å². The van der Waals surface area contributed by atoms with Crippen molar-refractivity contribution in [2.75, 3.05) is 11.9 Å². The first-order chi connectivity index (χ1) is 15.4. The number of rotatable bonds is 8. The molecule has 9 heteroatoms. The fourth-order valence-corrected chi connectivity index (χ4v) is 4.93. The monoisotopic (exact) mass is 454 g/mol. The van der Waals surface area contributed by atoms with Gasteiger partial charge in [-0.3, -0.25) is 0 Å². The van der Waals surface area contributed by atoms with Gasteiger partial charge in [0.05, 0.1) is 10.9 Å². The van der Waals surface area contributed by atoms with E-state index in [-0.39, 0.29) is 11.3 Å². The van der Waals surface area contributed by atoms with Gasteiger partial charge in [0, 0.05) is 23.8 Å². The number of anilines is 1. The Kier molecular flexibility index (Phi) is 6.86. The lowest BCUT2D eigenvalue weighted by molar-refractivity contribution is 0.323. The molecule has 0 bridgehead atoms. The molecule has 170 valence electrons. The molecule has 2 N–H and O–H groups in total. The number of hydrogen-bond acceptors (Lipinski definition) is 6. The maximum absolute atomic E-state index is 12.1. The minimum absolute atomic E-state index is 0.0634. The molecule has 1 heterocycles. The summed E-state index contributed by atoms with van der Waals surface area (Å²) in [5, 5.41) is 15.3. The quantitative estimate of drug-likeness (QED) is 0.539. The van der Waals surface area contributed by atoms with Crippen molar-refractivity contribution >= 4 is 15.7 Å². The third kappa shape index (κ3) is 5.34. The van der Waals surface area contributed by atoms with Gasteiger partial charge in [-0.1, -0.05) is 18.2 Å². The SMILES string of the molecule is CC(C)S(=O)(=O)NC1CCC(CNc2ccc(-c3nnnn3-c3ccccc3)cc2)CC1. The summed E-state index contributed by atoms with van der Waals surface area (Å²) in [5.41, 5.74) is 2.92. The van der Waals surface area contributed by atoms with Crippen molar-refractivity contribution in [1.82, 2.24) is 24.9 Å². The summed E-state index contributed by atoms with van der Waals surface area (Å²) in [5.74, 6) is 1.24. The molecular formula is C23H30N6O2S. The lowest BCUT2D eigenvalue weighted by atomic mass is 9.86. The Morgan fingerprint density at radius 1 is 1.00 bits per heavy atom. The predicted octanol–water partition coefficient (Wildman–Crippen LogP) is 3.63. The Hall–Kier alpha value is -2.78. The van der Waals surface area contributed by atoms with Gasteiger partial charge in [0.1, 0.15) is 0 Å². The number of nitrogens with zero attached hydrogens (tertiary/aromatic N) is 4. The molecule has 0 unspecified atom stereocenters. The van der Waals surface area contributed by atoms with Gasteiger partial charge in [0.25, 0.3) is 0 Å². The summed E-state index contributed by atoms with van der Waals surface area (Å²) in [7, 11) is -3.20. The van der Waals surface area contributed by atoms with Crippen LogP contribution in [0, 0.1) is 5.92 Å². The van der Waals surface area contributed by atoms with Crippen LogP contribution in [0.25, 0.3) is 17.1 Å². The molecule has 1 fully saturated rings. The number of benzene rings is 2. The van der Waals surface area contributed by atoms with Crippen molar-refractivity contribution in [3.05, 3.63) is 54.6 Å². The van der Waals surface area contributed by atoms with Gasteiger partial charge in [-0.15, -0.1) is 5.10 Å². The molecule has 0 amide bonds. The number of para-hydroxylation sites is 1. The molecular weight excluding hydrogens is 424 g/mol. The zero-order valence-electron chi connectivity index (χ0n) is 18.5. The third-order valence-corrected chi connectivity index (χ3v) is 7.91. The van der Waals surface area contributed by atoms with Crippen molar-refractivity contribution in [3.63, 3.8) is 0 Å². The zero-order chi connectivity index (χ0) is 22.6. The topological polar surface area (TPSA) is 102 Å². The Morgan fingerprint density at radius 2 is 1.69 bits per heavy atom. The minimum Gasteiger partial charge on any atom is -0.385 e. The van der Waals surface area contributed by atoms with Crippen LogP contribution in [-0.2, 0) is 10.0 Å². The van der Waals surface area contributed by atoms with E-state index in [1.807, 2.05) is 54.6 Å². The Labute approximate surface area is 189 Å². The first-order valence-corrected chi connectivity index (χ1v) is 12.7. The number of aromatic nitrogens is 4. The van der Waals surface area contributed by atoms with Crippen molar-refractivity contribution in [2.24, 2.45) is 5.92 Å². The van der Waals surface area contributed by atoms with Gasteiger partial charge in [-0.25, -0.2) is 13.1 Å². The summed E-state index contributed by atoms with van der Waals surface area (Å²) in [6, 6.07) is 18.0. The van der Waals surface area contributed by atoms with Crippen LogP contribution in [0.3, 0.4) is 0 Å². The molecule has 1 aliphatic carbocycles. The first-order valence-electron chi connectivity index (χ1n) is 11.1. The lowest BCUT2D eigenvalue weighted by Crippen LogP contribution is -2.41. The molecule has 0 radical (unpaired) electrons. The average molecular weight is 455 g/mol. The second-order valence-electron chi connectivity index (χ2n) is 8.64. The van der Waals surface area contributed by atoms with Crippen molar-refractivity contribution in [2.45, 2.75) is 50.8 Å². The van der Waals surface area contributed by atoms with E-state index in [1.54, 1.807) is 18.5 Å². The highest BCUT2D eigenvalue weighted by molar-refractivity contribution is 7.90. The highest BCUT2D eigenvalue weighted by Gasteiger charge is 2.26. The van der Waals surface area contributed by atoms with Crippen molar-refractivity contribution in [3.8, 4) is 17.1 Å². The van der Waals surface area contributed by atoms with E-state index >= 15 is 0 Å². The van der Waals surface area contributed by atoms with Crippen LogP contribution in [0.1, 0.15) is 39.5 Å². The van der Waals surface area contributed by atoms with Gasteiger partial charge in [0.15, 0.2) is 5.82 Å². The molecule has 8 nitrogen and oxygen atoms in total. The van der Waals surface area contributed by atoms with Gasteiger partial charge in [-0.05, 0) is 92.3 Å². The lowest BCUT2D eigenvalue weighted by Gasteiger charge is -2.29. The molecule has 1 aromatic heterocycles. The fourth-order valence-electron chi connectivity index (χ4n) is 3.96. The second-order valence-corrected chi connectivity index (χ2v) is 10.9. The third-order valence-electron chi connectivity index (χ3n) is 6.01. The van der Waals surface area contributed by atoms with E-state index in [9.17, 15) is 8.42 Å². The Bertz CT molecular complexity index is 1100. The molecule has 1 saturated carbocycles. The smallest absolute Gasteiger partial charge is 0.214 e. The summed E-state index contributed by atoms with van der Waals surface area (Å²) in [6.45, 7) is 4.31. The Balaban J connectivity index is 1.30. The van der Waals surface area contributed by atoms with Crippen molar-refractivity contribution in [1.29, 1.82) is 0 Å². The zero-order valence-corrected chi connectivity index (χ0v) is 19.3. The van der Waals surface area contributed by atoms with Gasteiger partial charge < -0.3 is 5.32 Å². The number of tetrazole rings is 1. The summed E-state index contributed by atoms with van der Waals surface area (Å²) >= 11 is 0. The highest BCUT2D eigenvalue weighted by Crippen LogP contribution is 2.26. The van der Waals surface area contributed by atoms with Gasteiger partial charge >= 0.3 is 0 Å². The second kappa shape index (κ2) is 9.79. The van der Waals surface area contributed by atoms with E-state index in [1.165, 1.54) is 0 Å². The summed E-state index contributed by atoms with van der Waals surface area (Å²) in [4.78, 5) is 0. The van der Waals surface area contributed by atoms with E-state index in [0.29, 0.717) is 11.7 Å². The van der Waals surface area contributed by atoms with E-state index in [2.05, 4.69) is 25.6 Å². The molecule has 4 rings (SSSR count). The highest BCUT2D eigenvalue weighted by atomic mass is 32.2. The van der Waals surface area contributed by atoms with Crippen molar-refractivity contribution < 1.29 is 8.42 Å². The maximum Gasteiger partial charge on any atom is 0.214 e. The van der Waals surface area contributed by atoms with Crippen LogP contribution in [0.4, 0.5) is 5.69 Å². The first kappa shape index (κ1) is 22.4. The summed E-state index contributed by atoms with van der Waals surface area (Å²) < 4.78 is 28.7. The number of hydrogen-bond donors (Lipinski definition) is 2. The van der Waals surface area contributed by atoms with Crippen LogP contribution >= 0.6 is 0 Å². The molecule has 0 atom stereocenters. The minimum atomic E-state index is -3.20. The molecule has 32 heavy (non-hydrogen) atoms. The average Bonchev–Trinajstić information content (AvgIpc) is 3.29. The molecule has 1 aliphatic rings. The molecule has 3 aromatic rings. The largest absolute Gasteiger partial charge is 0.385 e. The van der Waals surface area contributed by atoms with E-state index < -0.39 is 10.0 Å². The van der Waals surface area contributed by atoms with Crippen LogP contribution in [-0.4, -0.2) is 46.5 Å². The fraction of sp³-hybridized carbons (Fsp3) is 0.435. The maximum atomic E-state index is 12.1. The normalized spacial score (nSPS) is 19.2. The van der Waals surface area contributed by atoms with Gasteiger partial charge in [0.2, 0.25) is 10.0 Å². The molecule has 2 aromatic carbocycles. The molecule has 0 aliphatic heterocycles. The van der Waals surface area contributed by atoms with Crippen LogP contribution in [0.2, 0.25) is 0 Å². The Morgan fingerprint density at radius 3 is 2.34 bits per heavy atom. The predicted molar refractivity (Wildman–Crippen MR) is 126 cm³/mol. The van der Waals surface area contributed by atoms with Gasteiger partial charge in [-0.2, -0.15) is 4.68 Å². The number of nitrogens with one attached hydrogen (secondary N) is 2. The van der Waals surface area contributed by atoms with Crippen LogP contribution in [0.15, 0.2) is 54.6 Å². The standard InChI is InChI=1S/C23H30N6O2S/c1-17(2)32(30,31)26-21-12-8-18(9-13-21)16-24-20-14-10-19(11-15-20)23-25-27-28-29(23)22-6-4-3-5-7-22/h3-7,10-11,14-15,17-18,21,24,26H,8-9,12-13,16H2,1-2H3.